The van der Waals surface area contributed by atoms with Crippen molar-refractivity contribution >= 4 is 33.6 Å². The van der Waals surface area contributed by atoms with Crippen molar-refractivity contribution in [3.63, 3.8) is 0 Å². The summed E-state index contributed by atoms with van der Waals surface area (Å²) < 4.78 is 7.14. The Hall–Kier alpha value is -1.84. The molecule has 4 rings (SSSR count). The van der Waals surface area contributed by atoms with E-state index in [2.05, 4.69) is 31.8 Å². The molecule has 0 aromatic heterocycles. The number of likely N-dealkylation sites (tertiary alicyclic amines) is 1. The largest absolute Gasteiger partial charge is 0.489 e. The number of carboxylic acid groups (broad SMARTS) is 1. The highest BCUT2D eigenvalue weighted by molar-refractivity contribution is 9.10. The summed E-state index contributed by atoms with van der Waals surface area (Å²) in [4.78, 5) is 17.1. The molecular weight excluding hydrogens is 522 g/mol. The van der Waals surface area contributed by atoms with Gasteiger partial charge in [-0.2, -0.15) is 0 Å². The molecule has 2 N–H and O–H groups in total. The number of piperidine rings is 1. The number of halogens is 2. The van der Waals surface area contributed by atoms with Crippen LogP contribution in [0.15, 0.2) is 46.9 Å². The predicted octanol–water partition coefficient (Wildman–Crippen LogP) is 4.30. The summed E-state index contributed by atoms with van der Waals surface area (Å²) in [5, 5.41) is 21.0. The number of nitrogens with zero attached hydrogens (tertiary/aromatic N) is 3. The number of benzene rings is 2. The minimum Gasteiger partial charge on any atom is -0.489 e. The number of piperazine rings is 1. The van der Waals surface area contributed by atoms with Gasteiger partial charge in [-0.05, 0) is 48.7 Å². The number of rotatable bonds is 7. The molecule has 2 aliphatic heterocycles. The summed E-state index contributed by atoms with van der Waals surface area (Å²) in [5.74, 6) is 0.857. The van der Waals surface area contributed by atoms with Gasteiger partial charge in [-0.25, -0.2) is 4.79 Å². The Morgan fingerprint density at radius 1 is 1.00 bits per heavy atom. The number of ether oxygens (including phenoxy) is 1. The lowest BCUT2D eigenvalue weighted by Gasteiger charge is -2.43. The van der Waals surface area contributed by atoms with E-state index in [0.717, 1.165) is 41.0 Å². The van der Waals surface area contributed by atoms with Crippen molar-refractivity contribution in [2.45, 2.75) is 31.6 Å². The molecule has 7 nitrogen and oxygen atoms in total. The molecule has 1 amide bonds. The first-order chi connectivity index (χ1) is 16.3. The van der Waals surface area contributed by atoms with Crippen molar-refractivity contribution in [3.05, 3.63) is 63.1 Å². The zero-order chi connectivity index (χ0) is 24.1. The van der Waals surface area contributed by atoms with Gasteiger partial charge < -0.3 is 19.8 Å². The number of carbonyl (C=O) groups is 1. The molecule has 2 aliphatic rings. The third-order valence-electron chi connectivity index (χ3n) is 6.67. The van der Waals surface area contributed by atoms with E-state index in [-0.39, 0.29) is 0 Å². The van der Waals surface area contributed by atoms with Gasteiger partial charge >= 0.3 is 6.09 Å². The molecule has 184 valence electrons. The molecule has 0 aliphatic carbocycles. The smallest absolute Gasteiger partial charge is 0.407 e. The Balaban J connectivity index is 1.30. The average Bonchev–Trinajstić information content (AvgIpc) is 2.81. The van der Waals surface area contributed by atoms with Crippen LogP contribution in [0.4, 0.5) is 4.79 Å². The molecule has 0 bridgehead atoms. The first-order valence-electron chi connectivity index (χ1n) is 11.6. The molecule has 0 atom stereocenters. The Morgan fingerprint density at radius 3 is 2.32 bits per heavy atom. The lowest BCUT2D eigenvalue weighted by Crippen LogP contribution is -2.55. The van der Waals surface area contributed by atoms with Gasteiger partial charge in [0.1, 0.15) is 12.4 Å². The van der Waals surface area contributed by atoms with E-state index >= 15 is 0 Å². The maximum atomic E-state index is 11.2. The number of hydrogen-bond acceptors (Lipinski definition) is 5. The zero-order valence-electron chi connectivity index (χ0n) is 19.1. The highest BCUT2D eigenvalue weighted by Gasteiger charge is 2.35. The van der Waals surface area contributed by atoms with Crippen LogP contribution in [0.3, 0.4) is 0 Å². The van der Waals surface area contributed by atoms with Gasteiger partial charge in [0.15, 0.2) is 0 Å². The summed E-state index contributed by atoms with van der Waals surface area (Å²) in [6, 6.07) is 13.7. The van der Waals surface area contributed by atoms with E-state index in [9.17, 15) is 9.90 Å². The molecular formula is C25H31BrClN3O4. The van der Waals surface area contributed by atoms with Crippen LogP contribution in [0.2, 0.25) is 5.02 Å². The number of β-amino-alcohol motifs (C(OH)–C–C–N with tert-alkyl or cyclic N) is 1. The topological polar surface area (TPSA) is 76.5 Å². The lowest BCUT2D eigenvalue weighted by molar-refractivity contribution is -0.0526. The summed E-state index contributed by atoms with van der Waals surface area (Å²) in [6.45, 7) is 5.77. The van der Waals surface area contributed by atoms with E-state index in [1.807, 2.05) is 36.4 Å². The quantitative estimate of drug-likeness (QED) is 0.533. The second-order valence-corrected chi connectivity index (χ2v) is 10.6. The van der Waals surface area contributed by atoms with Crippen molar-refractivity contribution in [2.75, 3.05) is 45.8 Å². The van der Waals surface area contributed by atoms with Crippen molar-refractivity contribution in [1.82, 2.24) is 14.7 Å². The van der Waals surface area contributed by atoms with Gasteiger partial charge in [-0.15, -0.1) is 0 Å². The van der Waals surface area contributed by atoms with E-state index < -0.39 is 11.7 Å². The minimum atomic E-state index is -0.865. The third-order valence-corrected chi connectivity index (χ3v) is 7.42. The molecule has 2 heterocycles. The van der Waals surface area contributed by atoms with Crippen molar-refractivity contribution in [3.8, 4) is 5.75 Å². The Kier molecular flexibility index (Phi) is 8.37. The standard InChI is InChI=1S/C25H31BrClN3O4/c26-21-3-6-23(34-17-19-1-4-22(27)5-2-19)20(15-21)16-28-9-7-25(33,8-10-28)18-29-11-13-30(14-12-29)24(31)32/h1-6,15,33H,7-14,16-18H2,(H,31,32). The van der Waals surface area contributed by atoms with Gasteiger partial charge in [0.05, 0.1) is 5.60 Å². The summed E-state index contributed by atoms with van der Waals surface area (Å²) in [7, 11) is 0. The van der Waals surface area contributed by atoms with E-state index in [4.69, 9.17) is 21.4 Å². The molecule has 0 radical (unpaired) electrons. The average molecular weight is 553 g/mol. The van der Waals surface area contributed by atoms with Crippen LogP contribution in [0.5, 0.6) is 5.75 Å². The van der Waals surface area contributed by atoms with Gasteiger partial charge in [-0.1, -0.05) is 39.7 Å². The highest BCUT2D eigenvalue weighted by atomic mass is 79.9. The fraction of sp³-hybridized carbons (Fsp3) is 0.480. The highest BCUT2D eigenvalue weighted by Crippen LogP contribution is 2.29. The second kappa shape index (κ2) is 11.3. The molecule has 2 saturated heterocycles. The maximum Gasteiger partial charge on any atom is 0.407 e. The van der Waals surface area contributed by atoms with Crippen LogP contribution in [0.25, 0.3) is 0 Å². The van der Waals surface area contributed by atoms with Crippen LogP contribution in [-0.2, 0) is 13.2 Å². The fourth-order valence-electron chi connectivity index (χ4n) is 4.59. The summed E-state index contributed by atoms with van der Waals surface area (Å²) in [5.41, 5.74) is 1.44. The van der Waals surface area contributed by atoms with Gasteiger partial charge in [-0.3, -0.25) is 9.80 Å². The third kappa shape index (κ3) is 6.86. The molecule has 0 spiro atoms. The summed E-state index contributed by atoms with van der Waals surface area (Å²) in [6.07, 6.45) is 0.526. The first-order valence-corrected chi connectivity index (χ1v) is 12.8. The van der Waals surface area contributed by atoms with Crippen molar-refractivity contribution < 1.29 is 19.7 Å². The summed E-state index contributed by atoms with van der Waals surface area (Å²) >= 11 is 9.55. The van der Waals surface area contributed by atoms with Crippen molar-refractivity contribution in [1.29, 1.82) is 0 Å². The van der Waals surface area contributed by atoms with E-state index in [1.54, 1.807) is 0 Å². The monoisotopic (exact) mass is 551 g/mol. The molecule has 9 heteroatoms. The first kappa shape index (κ1) is 25.3. The van der Waals surface area contributed by atoms with Crippen LogP contribution in [0, 0.1) is 0 Å². The predicted molar refractivity (Wildman–Crippen MR) is 135 cm³/mol. The fourth-order valence-corrected chi connectivity index (χ4v) is 5.13. The second-order valence-electron chi connectivity index (χ2n) is 9.21. The van der Waals surface area contributed by atoms with E-state index in [1.165, 1.54) is 4.90 Å². The normalized spacial score (nSPS) is 19.2. The minimum absolute atomic E-state index is 0.473. The lowest BCUT2D eigenvalue weighted by atomic mass is 9.90. The van der Waals surface area contributed by atoms with E-state index in [0.29, 0.717) is 57.2 Å². The number of hydrogen-bond donors (Lipinski definition) is 2. The maximum absolute atomic E-state index is 11.2. The SMILES string of the molecule is O=C(O)N1CCN(CC2(O)CCN(Cc3cc(Br)ccc3OCc3ccc(Cl)cc3)CC2)CC1. The van der Waals surface area contributed by atoms with Crippen LogP contribution < -0.4 is 4.74 Å². The number of amides is 1. The molecule has 2 aromatic carbocycles. The van der Waals surface area contributed by atoms with Crippen molar-refractivity contribution in [2.24, 2.45) is 0 Å². The molecule has 2 fully saturated rings. The van der Waals surface area contributed by atoms with Gasteiger partial charge in [0, 0.05) is 67.4 Å². The molecule has 0 unspecified atom stereocenters. The van der Waals surface area contributed by atoms with Crippen LogP contribution in [0.1, 0.15) is 24.0 Å². The molecule has 2 aromatic rings. The van der Waals surface area contributed by atoms with Gasteiger partial charge in [0.2, 0.25) is 0 Å². The Bertz CT molecular complexity index is 975. The Morgan fingerprint density at radius 2 is 1.68 bits per heavy atom. The zero-order valence-corrected chi connectivity index (χ0v) is 21.5. The van der Waals surface area contributed by atoms with Crippen LogP contribution >= 0.6 is 27.5 Å². The number of aliphatic hydroxyl groups is 1. The Labute approximate surface area is 214 Å². The van der Waals surface area contributed by atoms with Gasteiger partial charge in [0.25, 0.3) is 0 Å². The van der Waals surface area contributed by atoms with Crippen LogP contribution in [-0.4, -0.2) is 82.4 Å². The molecule has 0 saturated carbocycles. The molecule has 34 heavy (non-hydrogen) atoms.